The van der Waals surface area contributed by atoms with Crippen LogP contribution in [0.3, 0.4) is 0 Å². The lowest BCUT2D eigenvalue weighted by atomic mass is 9.90. The number of piperazine rings is 1. The van der Waals surface area contributed by atoms with Crippen molar-refractivity contribution in [1.29, 1.82) is 0 Å². The van der Waals surface area contributed by atoms with Gasteiger partial charge in [0.2, 0.25) is 5.91 Å². The van der Waals surface area contributed by atoms with Crippen molar-refractivity contribution in [2.45, 2.75) is 44.2 Å². The van der Waals surface area contributed by atoms with Crippen LogP contribution in [0.1, 0.15) is 32.6 Å². The summed E-state index contributed by atoms with van der Waals surface area (Å²) in [6.07, 6.45) is 3.38. The molecule has 1 saturated heterocycles. The van der Waals surface area contributed by atoms with Gasteiger partial charge < -0.3 is 5.32 Å². The highest BCUT2D eigenvalue weighted by Gasteiger charge is 2.51. The van der Waals surface area contributed by atoms with E-state index in [-0.39, 0.29) is 11.8 Å². The van der Waals surface area contributed by atoms with Gasteiger partial charge in [0, 0.05) is 10.2 Å². The van der Waals surface area contributed by atoms with E-state index in [1.54, 1.807) is 30.0 Å². The molecule has 2 aliphatic rings. The molecule has 6 heteroatoms. The zero-order valence-corrected chi connectivity index (χ0v) is 14.0. The summed E-state index contributed by atoms with van der Waals surface area (Å²) in [5.41, 5.74) is -0.0136. The van der Waals surface area contributed by atoms with Crippen LogP contribution in [-0.4, -0.2) is 23.4 Å². The van der Waals surface area contributed by atoms with Gasteiger partial charge in [-0.2, -0.15) is 0 Å². The molecule has 3 rings (SSSR count). The molecule has 1 aromatic carbocycles. The van der Waals surface area contributed by atoms with E-state index in [9.17, 15) is 9.59 Å². The summed E-state index contributed by atoms with van der Waals surface area (Å²) in [5.74, 6) is -0.108. The summed E-state index contributed by atoms with van der Waals surface area (Å²) >= 11 is 9.38. The van der Waals surface area contributed by atoms with Crippen molar-refractivity contribution in [1.82, 2.24) is 5.32 Å². The number of amides is 2. The van der Waals surface area contributed by atoms with Crippen LogP contribution in [0.25, 0.3) is 0 Å². The number of benzene rings is 1. The Kier molecular flexibility index (Phi) is 3.74. The van der Waals surface area contributed by atoms with E-state index in [0.29, 0.717) is 15.2 Å². The number of hydrogen-bond donors (Lipinski definition) is 1. The summed E-state index contributed by atoms with van der Waals surface area (Å²) in [5, 5.41) is 3.53. The van der Waals surface area contributed by atoms with Crippen molar-refractivity contribution in [3.63, 3.8) is 0 Å². The molecule has 21 heavy (non-hydrogen) atoms. The lowest BCUT2D eigenvalue weighted by Gasteiger charge is -2.43. The average molecular weight is 372 g/mol. The highest BCUT2D eigenvalue weighted by atomic mass is 79.9. The normalized spacial score (nSPS) is 24.5. The number of halogens is 2. The van der Waals surface area contributed by atoms with Crippen LogP contribution in [0, 0.1) is 0 Å². The molecular formula is C15H16BrClN2O2. The van der Waals surface area contributed by atoms with E-state index in [4.69, 9.17) is 11.6 Å². The lowest BCUT2D eigenvalue weighted by Crippen LogP contribution is -2.69. The Balaban J connectivity index is 2.03. The van der Waals surface area contributed by atoms with Gasteiger partial charge in [-0.3, -0.25) is 14.5 Å². The second kappa shape index (κ2) is 5.29. The van der Waals surface area contributed by atoms with Gasteiger partial charge in [0.1, 0.15) is 11.6 Å². The Morgan fingerprint density at radius 3 is 2.62 bits per heavy atom. The molecule has 1 atom stereocenters. The summed E-state index contributed by atoms with van der Waals surface area (Å²) in [7, 11) is 0. The van der Waals surface area contributed by atoms with Crippen LogP contribution in [0.15, 0.2) is 22.7 Å². The third-order valence-corrected chi connectivity index (χ3v) is 5.61. The standard InChI is InChI=1S/C15H16BrClN2O2/c1-9-13(20)18-15(6-2-3-7-15)14(21)19(9)10-4-5-12(17)11(16)8-10/h4-5,8-9H,2-3,6-7H2,1H3,(H,18,20). The predicted molar refractivity (Wildman–Crippen MR) is 85.4 cm³/mol. The smallest absolute Gasteiger partial charge is 0.253 e. The Morgan fingerprint density at radius 1 is 1.33 bits per heavy atom. The zero-order valence-electron chi connectivity index (χ0n) is 11.7. The third kappa shape index (κ3) is 2.36. The topological polar surface area (TPSA) is 49.4 Å². The molecule has 0 bridgehead atoms. The van der Waals surface area contributed by atoms with E-state index < -0.39 is 11.6 Å². The van der Waals surface area contributed by atoms with Crippen LogP contribution in [-0.2, 0) is 9.59 Å². The lowest BCUT2D eigenvalue weighted by molar-refractivity contribution is -0.137. The predicted octanol–water partition coefficient (Wildman–Crippen LogP) is 3.27. The number of anilines is 1. The van der Waals surface area contributed by atoms with Crippen LogP contribution in [0.5, 0.6) is 0 Å². The highest BCUT2D eigenvalue weighted by molar-refractivity contribution is 9.10. The Hall–Kier alpha value is -1.07. The third-order valence-electron chi connectivity index (χ3n) is 4.40. The first-order valence-electron chi connectivity index (χ1n) is 7.05. The van der Waals surface area contributed by atoms with Crippen molar-refractivity contribution in [3.05, 3.63) is 27.7 Å². The molecule has 4 nitrogen and oxygen atoms in total. The first-order valence-corrected chi connectivity index (χ1v) is 8.22. The second-order valence-electron chi connectivity index (χ2n) is 5.73. The van der Waals surface area contributed by atoms with Crippen LogP contribution >= 0.6 is 27.5 Å². The molecule has 2 fully saturated rings. The molecule has 1 unspecified atom stereocenters. The molecule has 0 radical (unpaired) electrons. The second-order valence-corrected chi connectivity index (χ2v) is 6.99. The number of nitrogens with zero attached hydrogens (tertiary/aromatic N) is 1. The fourth-order valence-corrected chi connectivity index (χ4v) is 3.69. The molecule has 1 spiro atoms. The van der Waals surface area contributed by atoms with Gasteiger partial charge in [-0.25, -0.2) is 0 Å². The van der Waals surface area contributed by atoms with Gasteiger partial charge in [0.15, 0.2) is 0 Å². The molecule has 1 aliphatic carbocycles. The number of nitrogens with one attached hydrogen (secondary N) is 1. The van der Waals surface area contributed by atoms with Gasteiger partial charge in [0.25, 0.3) is 5.91 Å². The molecule has 1 aromatic rings. The van der Waals surface area contributed by atoms with Crippen molar-refractivity contribution in [2.75, 3.05) is 4.90 Å². The molecule has 1 aliphatic heterocycles. The summed E-state index contributed by atoms with van der Waals surface area (Å²) < 4.78 is 0.716. The quantitative estimate of drug-likeness (QED) is 0.824. The maximum atomic E-state index is 13.0. The summed E-state index contributed by atoms with van der Waals surface area (Å²) in [6, 6.07) is 4.78. The van der Waals surface area contributed by atoms with Gasteiger partial charge in [-0.15, -0.1) is 0 Å². The summed E-state index contributed by atoms with van der Waals surface area (Å²) in [6.45, 7) is 1.75. The van der Waals surface area contributed by atoms with Gasteiger partial charge in [-0.1, -0.05) is 24.4 Å². The average Bonchev–Trinajstić information content (AvgIpc) is 2.90. The number of carbonyl (C=O) groups is 2. The SMILES string of the molecule is CC1C(=O)NC2(CCCC2)C(=O)N1c1ccc(Cl)c(Br)c1. The van der Waals surface area contributed by atoms with E-state index in [2.05, 4.69) is 21.2 Å². The minimum absolute atomic E-state index is 0.0127. The number of rotatable bonds is 1. The molecule has 1 saturated carbocycles. The van der Waals surface area contributed by atoms with Gasteiger partial charge in [-0.05, 0) is 53.9 Å². The number of carbonyl (C=O) groups excluding carboxylic acids is 2. The molecule has 112 valence electrons. The van der Waals surface area contributed by atoms with E-state index in [0.717, 1.165) is 25.7 Å². The van der Waals surface area contributed by atoms with Crippen LogP contribution in [0.2, 0.25) is 5.02 Å². The van der Waals surface area contributed by atoms with Crippen LogP contribution in [0.4, 0.5) is 5.69 Å². The fourth-order valence-electron chi connectivity index (χ4n) is 3.21. The first-order chi connectivity index (χ1) is 9.94. The van der Waals surface area contributed by atoms with Gasteiger partial charge >= 0.3 is 0 Å². The molecule has 1 heterocycles. The van der Waals surface area contributed by atoms with Crippen molar-refractivity contribution < 1.29 is 9.59 Å². The minimum Gasteiger partial charge on any atom is -0.340 e. The van der Waals surface area contributed by atoms with E-state index in [1.807, 2.05) is 0 Å². The van der Waals surface area contributed by atoms with Crippen LogP contribution < -0.4 is 10.2 Å². The molecule has 0 aromatic heterocycles. The highest BCUT2D eigenvalue weighted by Crippen LogP contribution is 2.37. The Bertz CT molecular complexity index is 614. The maximum absolute atomic E-state index is 13.0. The zero-order chi connectivity index (χ0) is 15.2. The monoisotopic (exact) mass is 370 g/mol. The number of hydrogen-bond acceptors (Lipinski definition) is 2. The Labute approximate surface area is 137 Å². The maximum Gasteiger partial charge on any atom is 0.253 e. The molecular weight excluding hydrogens is 356 g/mol. The fraction of sp³-hybridized carbons (Fsp3) is 0.467. The van der Waals surface area contributed by atoms with E-state index in [1.165, 1.54) is 0 Å². The Morgan fingerprint density at radius 2 is 2.00 bits per heavy atom. The largest absolute Gasteiger partial charge is 0.340 e. The summed E-state index contributed by atoms with van der Waals surface area (Å²) in [4.78, 5) is 26.9. The van der Waals surface area contributed by atoms with Crippen molar-refractivity contribution >= 4 is 45.0 Å². The molecule has 1 N–H and O–H groups in total. The van der Waals surface area contributed by atoms with Crippen molar-refractivity contribution in [2.24, 2.45) is 0 Å². The molecule has 2 amide bonds. The van der Waals surface area contributed by atoms with Crippen molar-refractivity contribution in [3.8, 4) is 0 Å². The van der Waals surface area contributed by atoms with E-state index >= 15 is 0 Å². The van der Waals surface area contributed by atoms with Gasteiger partial charge in [0.05, 0.1) is 5.02 Å². The first kappa shape index (κ1) is 14.9. The minimum atomic E-state index is -0.713.